The van der Waals surface area contributed by atoms with Crippen LogP contribution >= 0.6 is 0 Å². The lowest BCUT2D eigenvalue weighted by Crippen LogP contribution is -2.30. The van der Waals surface area contributed by atoms with Crippen molar-refractivity contribution in [2.45, 2.75) is 47.0 Å². The Morgan fingerprint density at radius 2 is 0.909 bits per heavy atom. The Morgan fingerprint density at radius 1 is 0.545 bits per heavy atom. The fraction of sp³-hybridized carbons (Fsp3) is 0.219. The summed E-state index contributed by atoms with van der Waals surface area (Å²) < 4.78 is 0. The molecule has 1 heteroatoms. The lowest BCUT2D eigenvalue weighted by molar-refractivity contribution is 0.103. The molecular weight excluding hydrogens is 400 g/mol. The number of aryl methyl sites for hydroxylation is 4. The highest BCUT2D eigenvalue weighted by Crippen LogP contribution is 2.44. The first-order valence-electron chi connectivity index (χ1n) is 11.7. The van der Waals surface area contributed by atoms with E-state index in [0.29, 0.717) is 0 Å². The summed E-state index contributed by atoms with van der Waals surface area (Å²) in [7, 11) is 0. The van der Waals surface area contributed by atoms with Gasteiger partial charge in [0.05, 0.1) is 0 Å². The topological polar surface area (TPSA) is 17.1 Å². The predicted octanol–water partition coefficient (Wildman–Crippen LogP) is 8.12. The molecule has 0 atom stereocenters. The van der Waals surface area contributed by atoms with Gasteiger partial charge in [0, 0.05) is 16.5 Å². The second-order valence-electron chi connectivity index (χ2n) is 10.0. The first kappa shape index (κ1) is 21.4. The van der Waals surface area contributed by atoms with Crippen molar-refractivity contribution < 1.29 is 4.79 Å². The van der Waals surface area contributed by atoms with E-state index in [4.69, 9.17) is 0 Å². The van der Waals surface area contributed by atoms with Crippen LogP contribution in [0.5, 0.6) is 0 Å². The Morgan fingerprint density at radius 3 is 1.27 bits per heavy atom. The predicted molar refractivity (Wildman–Crippen MR) is 138 cm³/mol. The van der Waals surface area contributed by atoms with E-state index in [1.165, 1.54) is 33.4 Å². The molecule has 0 radical (unpaired) electrons. The van der Waals surface area contributed by atoms with Crippen molar-refractivity contribution >= 4 is 5.78 Å². The molecule has 0 N–H and O–H groups in total. The van der Waals surface area contributed by atoms with Crippen LogP contribution in [0.1, 0.15) is 63.1 Å². The molecule has 0 amide bonds. The summed E-state index contributed by atoms with van der Waals surface area (Å²) in [5.41, 5.74) is 13.2. The standard InChI is InChI=1S/C32H30O/c1-19-9-7-10-20(2)29(19)23-13-15-27-25(17-23)31(33)26-18-24(14-16-28(26)32(27,5)6)30-21(3)11-8-12-22(30)4/h7-18H,1-6H3. The Hall–Kier alpha value is -3.45. The highest BCUT2D eigenvalue weighted by atomic mass is 16.1. The van der Waals surface area contributed by atoms with Crippen LogP contribution in [0.15, 0.2) is 72.8 Å². The van der Waals surface area contributed by atoms with E-state index in [1.807, 2.05) is 0 Å². The van der Waals surface area contributed by atoms with Crippen LogP contribution in [0.2, 0.25) is 0 Å². The maximum atomic E-state index is 13.9. The van der Waals surface area contributed by atoms with Gasteiger partial charge in [0.2, 0.25) is 0 Å². The summed E-state index contributed by atoms with van der Waals surface area (Å²) in [6.45, 7) is 13.0. The van der Waals surface area contributed by atoms with Crippen LogP contribution in [0, 0.1) is 27.7 Å². The summed E-state index contributed by atoms with van der Waals surface area (Å²) in [6.07, 6.45) is 0. The fourth-order valence-corrected chi connectivity index (χ4v) is 5.70. The Balaban J connectivity index is 1.70. The average Bonchev–Trinajstić information content (AvgIpc) is 2.77. The molecule has 0 fully saturated rings. The molecule has 4 aromatic rings. The number of ketones is 1. The Labute approximate surface area is 197 Å². The molecule has 164 valence electrons. The van der Waals surface area contributed by atoms with Crippen molar-refractivity contribution in [3.8, 4) is 22.3 Å². The number of fused-ring (bicyclic) bond motifs is 2. The molecule has 1 aliphatic carbocycles. The quantitative estimate of drug-likeness (QED) is 0.314. The van der Waals surface area contributed by atoms with Gasteiger partial charge in [-0.2, -0.15) is 0 Å². The molecule has 0 heterocycles. The van der Waals surface area contributed by atoms with E-state index in [9.17, 15) is 4.79 Å². The SMILES string of the molecule is Cc1cccc(C)c1-c1ccc2c(c1)C(=O)c1cc(-c3c(C)cccc3C)ccc1C2(C)C. The van der Waals surface area contributed by atoms with Crippen molar-refractivity contribution in [1.29, 1.82) is 0 Å². The largest absolute Gasteiger partial charge is 0.289 e. The average molecular weight is 431 g/mol. The fourth-order valence-electron chi connectivity index (χ4n) is 5.70. The molecule has 33 heavy (non-hydrogen) atoms. The molecule has 0 saturated carbocycles. The van der Waals surface area contributed by atoms with Crippen molar-refractivity contribution in [2.24, 2.45) is 0 Å². The van der Waals surface area contributed by atoms with Gasteiger partial charge in [-0.25, -0.2) is 0 Å². The van der Waals surface area contributed by atoms with Crippen molar-refractivity contribution in [2.75, 3.05) is 0 Å². The van der Waals surface area contributed by atoms with Gasteiger partial charge < -0.3 is 0 Å². The molecule has 1 aliphatic rings. The van der Waals surface area contributed by atoms with Crippen LogP contribution in [-0.2, 0) is 5.41 Å². The zero-order chi connectivity index (χ0) is 23.5. The number of hydrogen-bond acceptors (Lipinski definition) is 1. The third-order valence-electron chi connectivity index (χ3n) is 7.41. The Kier molecular flexibility index (Phi) is 4.90. The first-order chi connectivity index (χ1) is 15.7. The van der Waals surface area contributed by atoms with E-state index in [-0.39, 0.29) is 11.2 Å². The normalized spacial score (nSPS) is 14.1. The Bertz CT molecular complexity index is 1290. The zero-order valence-corrected chi connectivity index (χ0v) is 20.3. The van der Waals surface area contributed by atoms with E-state index >= 15 is 0 Å². The molecule has 4 aromatic carbocycles. The third kappa shape index (κ3) is 3.26. The van der Waals surface area contributed by atoms with Gasteiger partial charge in [0.1, 0.15) is 0 Å². The van der Waals surface area contributed by atoms with Gasteiger partial charge in [-0.3, -0.25) is 4.79 Å². The van der Waals surface area contributed by atoms with Crippen LogP contribution in [-0.4, -0.2) is 5.78 Å². The van der Waals surface area contributed by atoms with Crippen LogP contribution in [0.4, 0.5) is 0 Å². The summed E-state index contributed by atoms with van der Waals surface area (Å²) in [5.74, 6) is 0.125. The number of benzene rings is 4. The summed E-state index contributed by atoms with van der Waals surface area (Å²) in [5, 5.41) is 0. The molecule has 0 aromatic heterocycles. The maximum Gasteiger partial charge on any atom is 0.193 e. The van der Waals surface area contributed by atoms with Gasteiger partial charge in [0.15, 0.2) is 5.78 Å². The molecular formula is C32H30O. The van der Waals surface area contributed by atoms with Crippen LogP contribution in [0.3, 0.4) is 0 Å². The van der Waals surface area contributed by atoms with Crippen molar-refractivity contribution in [3.05, 3.63) is 117 Å². The van der Waals surface area contributed by atoms with E-state index < -0.39 is 0 Å². The van der Waals surface area contributed by atoms with E-state index in [1.54, 1.807) is 0 Å². The number of rotatable bonds is 2. The minimum atomic E-state index is -0.239. The summed E-state index contributed by atoms with van der Waals surface area (Å²) in [6, 6.07) is 25.6. The smallest absolute Gasteiger partial charge is 0.193 e. The highest BCUT2D eigenvalue weighted by Gasteiger charge is 2.37. The van der Waals surface area contributed by atoms with Crippen LogP contribution < -0.4 is 0 Å². The molecule has 0 bridgehead atoms. The van der Waals surface area contributed by atoms with Crippen molar-refractivity contribution in [1.82, 2.24) is 0 Å². The second-order valence-corrected chi connectivity index (χ2v) is 10.0. The molecule has 0 aliphatic heterocycles. The van der Waals surface area contributed by atoms with E-state index in [2.05, 4.69) is 114 Å². The van der Waals surface area contributed by atoms with Gasteiger partial charge in [-0.15, -0.1) is 0 Å². The second kappa shape index (κ2) is 7.56. The number of hydrogen-bond donors (Lipinski definition) is 0. The highest BCUT2D eigenvalue weighted by molar-refractivity contribution is 6.14. The first-order valence-corrected chi connectivity index (χ1v) is 11.7. The van der Waals surface area contributed by atoms with Crippen molar-refractivity contribution in [3.63, 3.8) is 0 Å². The molecule has 0 unspecified atom stereocenters. The zero-order valence-electron chi connectivity index (χ0n) is 20.3. The van der Waals surface area contributed by atoms with Gasteiger partial charge in [0.25, 0.3) is 0 Å². The summed E-state index contributed by atoms with van der Waals surface area (Å²) in [4.78, 5) is 13.9. The number of carbonyl (C=O) groups is 1. The lowest BCUT2D eigenvalue weighted by Gasteiger charge is -2.35. The summed E-state index contributed by atoms with van der Waals surface area (Å²) >= 11 is 0. The van der Waals surface area contributed by atoms with Gasteiger partial charge in [-0.05, 0) is 95.5 Å². The lowest BCUT2D eigenvalue weighted by atomic mass is 9.67. The van der Waals surface area contributed by atoms with Gasteiger partial charge >= 0.3 is 0 Å². The molecule has 5 rings (SSSR count). The molecule has 1 nitrogen and oxygen atoms in total. The minimum absolute atomic E-state index is 0.125. The monoisotopic (exact) mass is 430 g/mol. The van der Waals surface area contributed by atoms with E-state index in [0.717, 1.165) is 33.4 Å². The van der Waals surface area contributed by atoms with Gasteiger partial charge in [-0.1, -0.05) is 74.5 Å². The minimum Gasteiger partial charge on any atom is -0.289 e. The molecule has 0 spiro atoms. The number of carbonyl (C=O) groups excluding carboxylic acids is 1. The third-order valence-corrected chi connectivity index (χ3v) is 7.41. The maximum absolute atomic E-state index is 13.9. The van der Waals surface area contributed by atoms with Crippen LogP contribution in [0.25, 0.3) is 22.3 Å². The molecule has 0 saturated heterocycles.